The highest BCUT2D eigenvalue weighted by molar-refractivity contribution is 5.72. The number of ether oxygens (including phenoxy) is 3. The van der Waals surface area contributed by atoms with Gasteiger partial charge in [0.1, 0.15) is 25.6 Å². The molecule has 0 spiro atoms. The van der Waals surface area contributed by atoms with Gasteiger partial charge in [-0.15, -0.1) is 0 Å². The lowest BCUT2D eigenvalue weighted by Crippen LogP contribution is -2.35. The molecule has 188 valence electrons. The van der Waals surface area contributed by atoms with Crippen LogP contribution < -0.4 is 24.8 Å². The van der Waals surface area contributed by atoms with Crippen molar-refractivity contribution < 1.29 is 24.1 Å². The Morgan fingerprint density at radius 3 is 2.72 bits per heavy atom. The van der Waals surface area contributed by atoms with Crippen LogP contribution in [0.2, 0.25) is 0 Å². The molecular weight excluding hydrogens is 456 g/mol. The number of rotatable bonds is 8. The Bertz CT molecular complexity index is 1260. The highest BCUT2D eigenvalue weighted by atomic mass is 16.6. The Hall–Kier alpha value is -3.55. The summed E-state index contributed by atoms with van der Waals surface area (Å²) in [6.45, 7) is 6.32. The van der Waals surface area contributed by atoms with Crippen LogP contribution in [0.3, 0.4) is 0 Å². The first kappa shape index (κ1) is 24.2. The lowest BCUT2D eigenvalue weighted by molar-refractivity contribution is -0.118. The van der Waals surface area contributed by atoms with Gasteiger partial charge in [-0.25, -0.2) is 0 Å². The van der Waals surface area contributed by atoms with Gasteiger partial charge in [0.15, 0.2) is 11.5 Å². The van der Waals surface area contributed by atoms with Crippen LogP contribution in [0.5, 0.6) is 17.2 Å². The summed E-state index contributed by atoms with van der Waals surface area (Å²) in [4.78, 5) is 11.1. The van der Waals surface area contributed by atoms with Crippen molar-refractivity contribution in [2.75, 3.05) is 26.3 Å². The summed E-state index contributed by atoms with van der Waals surface area (Å²) >= 11 is 0. The lowest BCUT2D eigenvalue weighted by Gasteiger charge is -2.20. The fourth-order valence-electron chi connectivity index (χ4n) is 4.94. The van der Waals surface area contributed by atoms with Crippen molar-refractivity contribution in [1.82, 2.24) is 10.6 Å². The second kappa shape index (κ2) is 10.6. The summed E-state index contributed by atoms with van der Waals surface area (Å²) < 4.78 is 17.6. The number of carbonyl (C=O) groups excluding carboxylic acids is 1. The number of fused-ring (bicyclic) bond motifs is 2. The number of benzene rings is 3. The predicted molar refractivity (Wildman–Crippen MR) is 138 cm³/mol. The molecule has 1 amide bonds. The molecule has 3 N–H and O–H groups in total. The fraction of sp³-hybridized carbons (Fsp3) is 0.345. The Labute approximate surface area is 211 Å². The van der Waals surface area contributed by atoms with Crippen LogP contribution in [0, 0.1) is 6.92 Å². The first-order valence-electron chi connectivity index (χ1n) is 12.4. The smallest absolute Gasteiger partial charge is 0.216 e. The van der Waals surface area contributed by atoms with Crippen LogP contribution in [-0.4, -0.2) is 43.4 Å². The number of hydrogen-bond donors (Lipinski definition) is 3. The third-order valence-corrected chi connectivity index (χ3v) is 6.82. The minimum Gasteiger partial charge on any atom is -0.489 e. The molecule has 0 aromatic heterocycles. The van der Waals surface area contributed by atoms with Crippen molar-refractivity contribution in [3.8, 4) is 28.4 Å². The molecule has 0 unspecified atom stereocenters. The number of carbonyl (C=O) groups is 1. The largest absolute Gasteiger partial charge is 0.489 e. The molecule has 3 aromatic carbocycles. The Balaban J connectivity index is 1.26. The maximum Gasteiger partial charge on any atom is 0.216 e. The maximum atomic E-state index is 11.1. The van der Waals surface area contributed by atoms with Gasteiger partial charge in [0.25, 0.3) is 0 Å². The number of aliphatic hydroxyl groups excluding tert-OH is 1. The minimum atomic E-state index is -0.502. The quantitative estimate of drug-likeness (QED) is 0.419. The third kappa shape index (κ3) is 5.17. The molecule has 5 rings (SSSR count). The third-order valence-electron chi connectivity index (χ3n) is 6.82. The average molecular weight is 489 g/mol. The second-order valence-electron chi connectivity index (χ2n) is 9.28. The molecule has 0 fully saturated rings. The van der Waals surface area contributed by atoms with Gasteiger partial charge in [-0.1, -0.05) is 30.3 Å². The van der Waals surface area contributed by atoms with Gasteiger partial charge in [-0.3, -0.25) is 4.79 Å². The number of amides is 1. The summed E-state index contributed by atoms with van der Waals surface area (Å²) in [7, 11) is 0. The molecule has 3 aromatic rings. The molecule has 7 nitrogen and oxygen atoms in total. The van der Waals surface area contributed by atoms with Crippen molar-refractivity contribution in [1.29, 1.82) is 0 Å². The highest BCUT2D eigenvalue weighted by Crippen LogP contribution is 2.37. The van der Waals surface area contributed by atoms with Crippen molar-refractivity contribution in [3.05, 3.63) is 76.9 Å². The van der Waals surface area contributed by atoms with E-state index in [2.05, 4.69) is 35.8 Å². The van der Waals surface area contributed by atoms with E-state index in [1.807, 2.05) is 36.4 Å². The molecule has 7 heteroatoms. The molecular formula is C29H32N2O5. The monoisotopic (exact) mass is 488 g/mol. The molecule has 1 heterocycles. The van der Waals surface area contributed by atoms with E-state index in [0.29, 0.717) is 39.3 Å². The molecule has 1 aliphatic carbocycles. The molecule has 1 aliphatic heterocycles. The summed E-state index contributed by atoms with van der Waals surface area (Å²) in [5, 5.41) is 16.7. The minimum absolute atomic E-state index is 0.0574. The molecule has 2 atom stereocenters. The van der Waals surface area contributed by atoms with Gasteiger partial charge in [-0.2, -0.15) is 0 Å². The number of hydrogen-bond acceptors (Lipinski definition) is 6. The van der Waals surface area contributed by atoms with Crippen LogP contribution in [0.1, 0.15) is 35.2 Å². The lowest BCUT2D eigenvalue weighted by atomic mass is 9.96. The Morgan fingerprint density at radius 1 is 1.06 bits per heavy atom. The zero-order valence-corrected chi connectivity index (χ0v) is 20.7. The summed E-state index contributed by atoms with van der Waals surface area (Å²) in [5.74, 6) is 2.29. The number of aliphatic hydroxyl groups is 1. The zero-order valence-electron chi connectivity index (χ0n) is 20.7. The van der Waals surface area contributed by atoms with Crippen LogP contribution >= 0.6 is 0 Å². The van der Waals surface area contributed by atoms with Gasteiger partial charge in [0.05, 0.1) is 12.1 Å². The van der Waals surface area contributed by atoms with E-state index in [0.717, 1.165) is 50.6 Å². The topological polar surface area (TPSA) is 89.1 Å². The van der Waals surface area contributed by atoms with Crippen LogP contribution in [-0.2, 0) is 17.8 Å². The predicted octanol–water partition coefficient (Wildman–Crippen LogP) is 3.70. The first-order valence-corrected chi connectivity index (χ1v) is 12.4. The summed E-state index contributed by atoms with van der Waals surface area (Å²) in [5.41, 5.74) is 6.66. The van der Waals surface area contributed by atoms with Crippen LogP contribution in [0.25, 0.3) is 11.1 Å². The van der Waals surface area contributed by atoms with Gasteiger partial charge in [-0.05, 0) is 64.6 Å². The van der Waals surface area contributed by atoms with E-state index in [1.54, 1.807) is 0 Å². The molecule has 0 saturated carbocycles. The highest BCUT2D eigenvalue weighted by Gasteiger charge is 2.30. The van der Waals surface area contributed by atoms with Gasteiger partial charge in [0.2, 0.25) is 5.91 Å². The second-order valence-corrected chi connectivity index (χ2v) is 9.28. The van der Waals surface area contributed by atoms with Gasteiger partial charge in [0, 0.05) is 26.4 Å². The van der Waals surface area contributed by atoms with E-state index in [9.17, 15) is 9.90 Å². The molecule has 0 bridgehead atoms. The fourth-order valence-corrected chi connectivity index (χ4v) is 4.94. The SMILES string of the molecule is CC(=O)NCCN[C@H]1c2ccc(OCc3cccc(-c4ccc5c(c4)OCCO5)c3C)cc2C[C@H]1O. The standard InChI is InChI=1S/C29H32N2O5/c1-18-21(4-3-5-24(18)20-6-9-27-28(16-20)35-13-12-34-27)17-36-23-7-8-25-22(14-23)15-26(33)29(25)31-11-10-30-19(2)32/h3-9,14,16,26,29,31,33H,10-13,15,17H2,1-2H3,(H,30,32)/t26-,29+/m1/s1. The molecule has 0 saturated heterocycles. The van der Waals surface area contributed by atoms with Crippen LogP contribution in [0.15, 0.2) is 54.6 Å². The Morgan fingerprint density at radius 2 is 1.89 bits per heavy atom. The van der Waals surface area contributed by atoms with E-state index in [-0.39, 0.29) is 11.9 Å². The zero-order chi connectivity index (χ0) is 25.1. The molecule has 36 heavy (non-hydrogen) atoms. The van der Waals surface area contributed by atoms with Gasteiger partial charge >= 0.3 is 0 Å². The normalized spacial score (nSPS) is 18.0. The van der Waals surface area contributed by atoms with E-state index >= 15 is 0 Å². The van der Waals surface area contributed by atoms with E-state index < -0.39 is 6.10 Å². The molecule has 0 radical (unpaired) electrons. The van der Waals surface area contributed by atoms with Crippen molar-refractivity contribution in [3.63, 3.8) is 0 Å². The average Bonchev–Trinajstić information content (AvgIpc) is 3.19. The molecule has 2 aliphatic rings. The number of nitrogens with one attached hydrogen (secondary N) is 2. The van der Waals surface area contributed by atoms with Gasteiger partial charge < -0.3 is 30.0 Å². The summed E-state index contributed by atoms with van der Waals surface area (Å²) in [6.07, 6.45) is 0.0701. The first-order chi connectivity index (χ1) is 17.5. The van der Waals surface area contributed by atoms with Crippen molar-refractivity contribution in [2.45, 2.75) is 39.0 Å². The van der Waals surface area contributed by atoms with Crippen LogP contribution in [0.4, 0.5) is 0 Å². The summed E-state index contributed by atoms with van der Waals surface area (Å²) in [6, 6.07) is 18.2. The maximum absolute atomic E-state index is 11.1. The van der Waals surface area contributed by atoms with E-state index in [4.69, 9.17) is 14.2 Å². The van der Waals surface area contributed by atoms with Crippen molar-refractivity contribution in [2.24, 2.45) is 0 Å². The van der Waals surface area contributed by atoms with Crippen molar-refractivity contribution >= 4 is 5.91 Å². The Kier molecular flexibility index (Phi) is 7.11. The van der Waals surface area contributed by atoms with E-state index in [1.165, 1.54) is 6.92 Å².